The Labute approximate surface area is 143 Å². The van der Waals surface area contributed by atoms with Crippen LogP contribution in [-0.4, -0.2) is 13.7 Å². The van der Waals surface area contributed by atoms with Gasteiger partial charge in [-0.3, -0.25) is 0 Å². The lowest BCUT2D eigenvalue weighted by atomic mass is 9.97. The monoisotopic (exact) mass is 411 g/mol. The maximum atomic E-state index is 5.28. The topological polar surface area (TPSA) is 21.3 Å². The number of hydrogen-bond donors (Lipinski definition) is 1. The van der Waals surface area contributed by atoms with Gasteiger partial charge >= 0.3 is 0 Å². The molecule has 0 bridgehead atoms. The maximum Gasteiger partial charge on any atom is 0.120 e. The van der Waals surface area contributed by atoms with Gasteiger partial charge in [-0.25, -0.2) is 0 Å². The molecule has 2 rings (SSSR count). The summed E-state index contributed by atoms with van der Waals surface area (Å²) in [4.78, 5) is 0. The Morgan fingerprint density at radius 2 is 1.90 bits per heavy atom. The summed E-state index contributed by atoms with van der Waals surface area (Å²) >= 11 is 7.38. The number of halogens is 2. The second kappa shape index (κ2) is 7.43. The summed E-state index contributed by atoms with van der Waals surface area (Å²) in [5.41, 5.74) is 3.67. The fraction of sp³-hybridized carbons (Fsp3) is 0.294. The smallest absolute Gasteiger partial charge is 0.120 e. The molecular weight excluding hydrogens is 394 g/mol. The molecule has 0 saturated carbocycles. The molecule has 0 fully saturated rings. The minimum absolute atomic E-state index is 0.129. The molecule has 0 aliphatic heterocycles. The van der Waals surface area contributed by atoms with E-state index in [0.29, 0.717) is 0 Å². The van der Waals surface area contributed by atoms with Crippen molar-refractivity contribution in [3.63, 3.8) is 0 Å². The van der Waals surface area contributed by atoms with E-state index in [1.54, 1.807) is 7.11 Å². The van der Waals surface area contributed by atoms with Crippen LogP contribution in [-0.2, 0) is 0 Å². The molecule has 0 spiro atoms. The van der Waals surface area contributed by atoms with Crippen LogP contribution in [0.4, 0.5) is 0 Å². The van der Waals surface area contributed by atoms with Gasteiger partial charge in [0, 0.05) is 8.95 Å². The Morgan fingerprint density at radius 1 is 1.14 bits per heavy atom. The van der Waals surface area contributed by atoms with Crippen molar-refractivity contribution in [3.8, 4) is 5.75 Å². The third-order valence-electron chi connectivity index (χ3n) is 3.46. The molecule has 0 aromatic heterocycles. The second-order valence-corrected chi connectivity index (χ2v) is 6.50. The third-order valence-corrected chi connectivity index (χ3v) is 5.23. The number of aryl methyl sites for hydroxylation is 1. The molecule has 2 nitrogen and oxygen atoms in total. The zero-order chi connectivity index (χ0) is 15.4. The predicted octanol–water partition coefficient (Wildman–Crippen LogP) is 5.23. The lowest BCUT2D eigenvalue weighted by Crippen LogP contribution is -2.23. The summed E-state index contributed by atoms with van der Waals surface area (Å²) in [5.74, 6) is 0.851. The minimum Gasteiger partial charge on any atom is -0.497 e. The molecule has 0 amide bonds. The first-order valence-corrected chi connectivity index (χ1v) is 8.49. The number of rotatable bonds is 5. The summed E-state index contributed by atoms with van der Waals surface area (Å²) in [6, 6.07) is 12.6. The molecule has 0 heterocycles. The normalized spacial score (nSPS) is 12.2. The van der Waals surface area contributed by atoms with E-state index in [2.05, 4.69) is 75.3 Å². The average molecular weight is 413 g/mol. The molecule has 0 saturated heterocycles. The number of ether oxygens (including phenoxy) is 1. The van der Waals surface area contributed by atoms with Crippen molar-refractivity contribution in [2.75, 3.05) is 13.7 Å². The highest BCUT2D eigenvalue weighted by atomic mass is 79.9. The quantitative estimate of drug-likeness (QED) is 0.725. The molecule has 1 unspecified atom stereocenters. The van der Waals surface area contributed by atoms with Crippen molar-refractivity contribution in [1.29, 1.82) is 0 Å². The van der Waals surface area contributed by atoms with Crippen LogP contribution < -0.4 is 10.1 Å². The van der Waals surface area contributed by atoms with E-state index in [4.69, 9.17) is 4.74 Å². The zero-order valence-corrected chi connectivity index (χ0v) is 15.6. The molecule has 1 N–H and O–H groups in total. The number of methoxy groups -OCH3 is 1. The largest absolute Gasteiger partial charge is 0.497 e. The molecule has 1 atom stereocenters. The summed E-state index contributed by atoms with van der Waals surface area (Å²) in [7, 11) is 1.68. The van der Waals surface area contributed by atoms with Crippen molar-refractivity contribution in [2.45, 2.75) is 19.9 Å². The Balaban J connectivity index is 2.51. The Kier molecular flexibility index (Phi) is 5.85. The van der Waals surface area contributed by atoms with Crippen LogP contribution in [0.3, 0.4) is 0 Å². The van der Waals surface area contributed by atoms with Crippen molar-refractivity contribution in [2.24, 2.45) is 0 Å². The first kappa shape index (κ1) is 16.5. The molecule has 2 aromatic carbocycles. The molecule has 0 radical (unpaired) electrons. The Bertz CT molecular complexity index is 628. The van der Waals surface area contributed by atoms with Gasteiger partial charge in [-0.15, -0.1) is 0 Å². The van der Waals surface area contributed by atoms with E-state index in [-0.39, 0.29) is 6.04 Å². The van der Waals surface area contributed by atoms with Gasteiger partial charge in [0.15, 0.2) is 0 Å². The van der Waals surface area contributed by atoms with Crippen LogP contribution in [0.25, 0.3) is 0 Å². The first-order chi connectivity index (χ1) is 10.1. The van der Waals surface area contributed by atoms with Gasteiger partial charge in [-0.05, 0) is 42.3 Å². The second-order valence-electron chi connectivity index (χ2n) is 4.86. The van der Waals surface area contributed by atoms with E-state index in [0.717, 1.165) is 21.2 Å². The van der Waals surface area contributed by atoms with Crippen molar-refractivity contribution in [1.82, 2.24) is 5.32 Å². The van der Waals surface area contributed by atoms with Crippen LogP contribution >= 0.6 is 31.9 Å². The Hall–Kier alpha value is -0.840. The van der Waals surface area contributed by atoms with Gasteiger partial charge in [0.1, 0.15) is 5.75 Å². The van der Waals surface area contributed by atoms with Gasteiger partial charge in [0.25, 0.3) is 0 Å². The summed E-state index contributed by atoms with van der Waals surface area (Å²) in [6.07, 6.45) is 0. The van der Waals surface area contributed by atoms with Crippen LogP contribution in [0.5, 0.6) is 5.75 Å². The van der Waals surface area contributed by atoms with E-state index in [9.17, 15) is 0 Å². The first-order valence-electron chi connectivity index (χ1n) is 6.90. The number of nitrogens with one attached hydrogen (secondary N) is 1. The Morgan fingerprint density at radius 3 is 2.52 bits per heavy atom. The number of hydrogen-bond acceptors (Lipinski definition) is 2. The van der Waals surface area contributed by atoms with E-state index in [1.807, 2.05) is 12.1 Å². The zero-order valence-electron chi connectivity index (χ0n) is 12.4. The van der Waals surface area contributed by atoms with Crippen LogP contribution in [0.1, 0.15) is 29.7 Å². The molecule has 21 heavy (non-hydrogen) atoms. The van der Waals surface area contributed by atoms with Crippen LogP contribution in [0, 0.1) is 6.92 Å². The molecule has 0 aliphatic carbocycles. The number of benzene rings is 2. The highest BCUT2D eigenvalue weighted by Crippen LogP contribution is 2.35. The molecule has 4 heteroatoms. The van der Waals surface area contributed by atoms with Gasteiger partial charge in [0.05, 0.1) is 13.2 Å². The molecule has 2 aromatic rings. The van der Waals surface area contributed by atoms with Crippen molar-refractivity contribution >= 4 is 31.9 Å². The lowest BCUT2D eigenvalue weighted by Gasteiger charge is -2.22. The van der Waals surface area contributed by atoms with Gasteiger partial charge < -0.3 is 10.1 Å². The minimum atomic E-state index is 0.129. The van der Waals surface area contributed by atoms with Gasteiger partial charge in [0.2, 0.25) is 0 Å². The predicted molar refractivity (Wildman–Crippen MR) is 95.1 cm³/mol. The van der Waals surface area contributed by atoms with Crippen molar-refractivity contribution < 1.29 is 4.74 Å². The summed E-state index contributed by atoms with van der Waals surface area (Å²) in [5, 5.41) is 3.56. The van der Waals surface area contributed by atoms with Gasteiger partial charge in [-0.1, -0.05) is 63.0 Å². The molecular formula is C17H19Br2NO. The van der Waals surface area contributed by atoms with Crippen LogP contribution in [0.15, 0.2) is 45.3 Å². The molecule has 0 aliphatic rings. The highest BCUT2D eigenvalue weighted by molar-refractivity contribution is 9.10. The van der Waals surface area contributed by atoms with E-state index in [1.165, 1.54) is 16.7 Å². The SMILES string of the molecule is CCNC(c1ccc(OC)cc1Br)c1cccc(C)c1Br. The highest BCUT2D eigenvalue weighted by Gasteiger charge is 2.19. The molecule has 112 valence electrons. The van der Waals surface area contributed by atoms with E-state index >= 15 is 0 Å². The lowest BCUT2D eigenvalue weighted by molar-refractivity contribution is 0.414. The average Bonchev–Trinajstić information content (AvgIpc) is 2.48. The van der Waals surface area contributed by atoms with Crippen molar-refractivity contribution in [3.05, 3.63) is 62.0 Å². The summed E-state index contributed by atoms with van der Waals surface area (Å²) < 4.78 is 7.47. The van der Waals surface area contributed by atoms with Gasteiger partial charge in [-0.2, -0.15) is 0 Å². The summed E-state index contributed by atoms with van der Waals surface area (Å²) in [6.45, 7) is 5.12. The fourth-order valence-corrected chi connectivity index (χ4v) is 3.43. The third kappa shape index (κ3) is 3.68. The van der Waals surface area contributed by atoms with E-state index < -0.39 is 0 Å². The van der Waals surface area contributed by atoms with Crippen LogP contribution in [0.2, 0.25) is 0 Å². The standard InChI is InChI=1S/C17H19Br2NO/c1-4-20-17(14-7-5-6-11(2)16(14)19)13-9-8-12(21-3)10-15(13)18/h5-10,17,20H,4H2,1-3H3. The maximum absolute atomic E-state index is 5.28. The fourth-order valence-electron chi connectivity index (χ4n) is 2.35.